The van der Waals surface area contributed by atoms with Gasteiger partial charge >= 0.3 is 5.97 Å². The standard InChI is InChI=1S/C11H13F2NO2/c1-3-16-10(15)6-9-7(2)8(11(12)13)4-5-14-9/h4-5,11H,3,6H2,1-2H3. The van der Waals surface area contributed by atoms with Crippen molar-refractivity contribution in [1.29, 1.82) is 0 Å². The Morgan fingerprint density at radius 1 is 1.56 bits per heavy atom. The lowest BCUT2D eigenvalue weighted by molar-refractivity contribution is -0.142. The molecule has 0 bridgehead atoms. The van der Waals surface area contributed by atoms with Crippen LogP contribution in [0, 0.1) is 6.92 Å². The number of nitrogens with zero attached hydrogens (tertiary/aromatic N) is 1. The smallest absolute Gasteiger partial charge is 0.311 e. The van der Waals surface area contributed by atoms with Crippen LogP contribution in [0.3, 0.4) is 0 Å². The SMILES string of the molecule is CCOC(=O)Cc1nccc(C(F)F)c1C. The van der Waals surface area contributed by atoms with Gasteiger partial charge < -0.3 is 4.74 Å². The van der Waals surface area contributed by atoms with E-state index in [0.29, 0.717) is 11.3 Å². The van der Waals surface area contributed by atoms with Crippen LogP contribution in [0.5, 0.6) is 0 Å². The third kappa shape index (κ3) is 2.98. The summed E-state index contributed by atoms with van der Waals surface area (Å²) in [5.41, 5.74) is 0.608. The van der Waals surface area contributed by atoms with Gasteiger partial charge in [0.25, 0.3) is 6.43 Å². The maximum absolute atomic E-state index is 12.5. The van der Waals surface area contributed by atoms with E-state index in [1.54, 1.807) is 6.92 Å². The van der Waals surface area contributed by atoms with E-state index >= 15 is 0 Å². The lowest BCUT2D eigenvalue weighted by atomic mass is 10.1. The molecule has 0 aliphatic rings. The maximum atomic E-state index is 12.5. The van der Waals surface area contributed by atoms with Gasteiger partial charge in [-0.15, -0.1) is 0 Å². The molecule has 1 heterocycles. The Balaban J connectivity index is 2.89. The maximum Gasteiger partial charge on any atom is 0.311 e. The van der Waals surface area contributed by atoms with E-state index in [0.717, 1.165) is 0 Å². The second kappa shape index (κ2) is 5.53. The van der Waals surface area contributed by atoms with Gasteiger partial charge in [0.15, 0.2) is 0 Å². The lowest BCUT2D eigenvalue weighted by Crippen LogP contribution is -2.11. The Morgan fingerprint density at radius 2 is 2.25 bits per heavy atom. The van der Waals surface area contributed by atoms with Gasteiger partial charge in [-0.05, 0) is 25.5 Å². The molecule has 0 atom stereocenters. The molecule has 0 N–H and O–H groups in total. The predicted molar refractivity (Wildman–Crippen MR) is 54.3 cm³/mol. The van der Waals surface area contributed by atoms with Gasteiger partial charge in [-0.1, -0.05) is 0 Å². The summed E-state index contributed by atoms with van der Waals surface area (Å²) < 4.78 is 29.8. The van der Waals surface area contributed by atoms with Gasteiger partial charge in [-0.2, -0.15) is 0 Å². The molecule has 0 radical (unpaired) electrons. The van der Waals surface area contributed by atoms with Gasteiger partial charge in [0.2, 0.25) is 0 Å². The van der Waals surface area contributed by atoms with Crippen LogP contribution >= 0.6 is 0 Å². The average Bonchev–Trinajstić information content (AvgIpc) is 2.21. The summed E-state index contributed by atoms with van der Waals surface area (Å²) in [6.07, 6.45) is -1.34. The number of ether oxygens (including phenoxy) is 1. The van der Waals surface area contributed by atoms with Crippen molar-refractivity contribution in [3.8, 4) is 0 Å². The molecule has 1 aromatic rings. The molecule has 5 heteroatoms. The van der Waals surface area contributed by atoms with Crippen molar-refractivity contribution < 1.29 is 18.3 Å². The van der Waals surface area contributed by atoms with Crippen molar-refractivity contribution in [2.24, 2.45) is 0 Å². The van der Waals surface area contributed by atoms with Crippen molar-refractivity contribution in [2.75, 3.05) is 6.61 Å². The van der Waals surface area contributed by atoms with Crippen molar-refractivity contribution >= 4 is 5.97 Å². The molecule has 0 amide bonds. The highest BCUT2D eigenvalue weighted by Crippen LogP contribution is 2.23. The van der Waals surface area contributed by atoms with Crippen LogP contribution in [0.15, 0.2) is 12.3 Å². The predicted octanol–water partition coefficient (Wildman–Crippen LogP) is 2.43. The summed E-state index contributed by atoms with van der Waals surface area (Å²) in [5, 5.41) is 0. The third-order valence-corrected chi connectivity index (χ3v) is 2.20. The topological polar surface area (TPSA) is 39.2 Å². The van der Waals surface area contributed by atoms with E-state index in [-0.39, 0.29) is 18.6 Å². The second-order valence-electron chi connectivity index (χ2n) is 3.25. The number of aromatic nitrogens is 1. The fourth-order valence-electron chi connectivity index (χ4n) is 1.36. The Bertz CT molecular complexity index is 380. The van der Waals surface area contributed by atoms with Crippen LogP contribution < -0.4 is 0 Å². The molecule has 0 aliphatic carbocycles. The highest BCUT2D eigenvalue weighted by molar-refractivity contribution is 5.72. The Hall–Kier alpha value is -1.52. The summed E-state index contributed by atoms with van der Waals surface area (Å²) in [6.45, 7) is 3.49. The molecule has 0 spiro atoms. The number of pyridine rings is 1. The molecule has 3 nitrogen and oxygen atoms in total. The van der Waals surface area contributed by atoms with Crippen molar-refractivity contribution in [1.82, 2.24) is 4.98 Å². The largest absolute Gasteiger partial charge is 0.466 e. The van der Waals surface area contributed by atoms with Crippen molar-refractivity contribution in [3.63, 3.8) is 0 Å². The molecular formula is C11H13F2NO2. The minimum atomic E-state index is -2.55. The van der Waals surface area contributed by atoms with Gasteiger partial charge in [-0.3, -0.25) is 9.78 Å². The monoisotopic (exact) mass is 229 g/mol. The molecular weight excluding hydrogens is 216 g/mol. The van der Waals surface area contributed by atoms with E-state index < -0.39 is 12.4 Å². The van der Waals surface area contributed by atoms with Crippen LogP contribution in [0.1, 0.15) is 30.2 Å². The lowest BCUT2D eigenvalue weighted by Gasteiger charge is -2.09. The van der Waals surface area contributed by atoms with Crippen molar-refractivity contribution in [3.05, 3.63) is 29.1 Å². The van der Waals surface area contributed by atoms with Gasteiger partial charge in [-0.25, -0.2) is 8.78 Å². The van der Waals surface area contributed by atoms with Crippen LogP contribution in [0.2, 0.25) is 0 Å². The van der Waals surface area contributed by atoms with E-state index in [1.165, 1.54) is 19.2 Å². The zero-order valence-electron chi connectivity index (χ0n) is 9.17. The fraction of sp³-hybridized carbons (Fsp3) is 0.455. The first-order valence-corrected chi connectivity index (χ1v) is 4.94. The molecule has 1 aromatic heterocycles. The average molecular weight is 229 g/mol. The van der Waals surface area contributed by atoms with E-state index in [1.807, 2.05) is 0 Å². The zero-order chi connectivity index (χ0) is 12.1. The van der Waals surface area contributed by atoms with Crippen LogP contribution in [-0.4, -0.2) is 17.6 Å². The molecule has 0 saturated heterocycles. The minimum absolute atomic E-state index is 0.0692. The van der Waals surface area contributed by atoms with E-state index in [2.05, 4.69) is 4.98 Å². The first-order valence-electron chi connectivity index (χ1n) is 4.94. The molecule has 0 fully saturated rings. The molecule has 0 saturated carbocycles. The Morgan fingerprint density at radius 3 is 2.81 bits per heavy atom. The highest BCUT2D eigenvalue weighted by Gasteiger charge is 2.15. The van der Waals surface area contributed by atoms with Crippen LogP contribution in [0.25, 0.3) is 0 Å². The summed E-state index contributed by atoms with van der Waals surface area (Å²) in [6, 6.07) is 1.26. The van der Waals surface area contributed by atoms with Gasteiger partial charge in [0.05, 0.1) is 18.7 Å². The number of hydrogen-bond acceptors (Lipinski definition) is 3. The van der Waals surface area contributed by atoms with Crippen molar-refractivity contribution in [2.45, 2.75) is 26.7 Å². The Kier molecular flexibility index (Phi) is 4.34. The summed E-state index contributed by atoms with van der Waals surface area (Å²) >= 11 is 0. The van der Waals surface area contributed by atoms with E-state index in [4.69, 9.17) is 4.74 Å². The minimum Gasteiger partial charge on any atom is -0.466 e. The quantitative estimate of drug-likeness (QED) is 0.744. The fourth-order valence-corrected chi connectivity index (χ4v) is 1.36. The zero-order valence-corrected chi connectivity index (χ0v) is 9.17. The first kappa shape index (κ1) is 12.5. The number of carbonyl (C=O) groups excluding carboxylic acids is 1. The number of alkyl halides is 2. The number of hydrogen-bond donors (Lipinski definition) is 0. The normalized spacial score (nSPS) is 10.6. The molecule has 1 rings (SSSR count). The molecule has 0 aromatic carbocycles. The van der Waals surface area contributed by atoms with Gasteiger partial charge in [0.1, 0.15) is 0 Å². The number of carbonyl (C=O) groups is 1. The number of rotatable bonds is 4. The second-order valence-corrected chi connectivity index (χ2v) is 3.25. The first-order chi connectivity index (χ1) is 7.56. The molecule has 88 valence electrons. The summed E-state index contributed by atoms with van der Waals surface area (Å²) in [4.78, 5) is 15.1. The molecule has 0 unspecified atom stereocenters. The summed E-state index contributed by atoms with van der Waals surface area (Å²) in [7, 11) is 0. The molecule has 0 aliphatic heterocycles. The van der Waals surface area contributed by atoms with Crippen LogP contribution in [0.4, 0.5) is 8.78 Å². The summed E-state index contributed by atoms with van der Waals surface area (Å²) in [5.74, 6) is -0.454. The van der Waals surface area contributed by atoms with Gasteiger partial charge in [0, 0.05) is 11.8 Å². The van der Waals surface area contributed by atoms with Crippen LogP contribution in [-0.2, 0) is 16.0 Å². The number of esters is 1. The highest BCUT2D eigenvalue weighted by atomic mass is 19.3. The third-order valence-electron chi connectivity index (χ3n) is 2.20. The van der Waals surface area contributed by atoms with E-state index in [9.17, 15) is 13.6 Å². The number of halogens is 2. The Labute approximate surface area is 92.4 Å². The molecule has 16 heavy (non-hydrogen) atoms.